The zero-order valence-electron chi connectivity index (χ0n) is 11.5. The lowest BCUT2D eigenvalue weighted by Gasteiger charge is -2.35. The van der Waals surface area contributed by atoms with Crippen molar-refractivity contribution in [2.45, 2.75) is 32.7 Å². The molecule has 0 saturated carbocycles. The van der Waals surface area contributed by atoms with Crippen molar-refractivity contribution in [2.75, 3.05) is 46.5 Å². The molecule has 0 aromatic rings. The summed E-state index contributed by atoms with van der Waals surface area (Å²) in [6.07, 6.45) is 2.28. The van der Waals surface area contributed by atoms with Crippen LogP contribution in [0, 0.1) is 5.41 Å². The molecule has 4 nitrogen and oxygen atoms in total. The summed E-state index contributed by atoms with van der Waals surface area (Å²) in [6.45, 7) is 9.25. The average molecular weight is 244 g/mol. The van der Waals surface area contributed by atoms with Gasteiger partial charge in [0.2, 0.25) is 0 Å². The van der Waals surface area contributed by atoms with Gasteiger partial charge in [-0.2, -0.15) is 0 Å². The minimum absolute atomic E-state index is 0.218. The number of ether oxygens (including phenoxy) is 1. The fourth-order valence-corrected chi connectivity index (χ4v) is 2.32. The summed E-state index contributed by atoms with van der Waals surface area (Å²) < 4.78 is 5.58. The monoisotopic (exact) mass is 244 g/mol. The van der Waals surface area contributed by atoms with Gasteiger partial charge in [-0.05, 0) is 33.4 Å². The molecule has 17 heavy (non-hydrogen) atoms. The molecule has 0 bridgehead atoms. The average Bonchev–Trinajstić information content (AvgIpc) is 2.77. The molecule has 0 aromatic carbocycles. The summed E-state index contributed by atoms with van der Waals surface area (Å²) in [6, 6.07) is 0.221. The molecule has 4 heteroatoms. The van der Waals surface area contributed by atoms with Crippen molar-refractivity contribution < 1.29 is 9.84 Å². The molecular weight excluding hydrogens is 216 g/mol. The van der Waals surface area contributed by atoms with Crippen molar-refractivity contribution in [3.8, 4) is 0 Å². The molecule has 0 radical (unpaired) electrons. The van der Waals surface area contributed by atoms with Crippen molar-refractivity contribution in [1.29, 1.82) is 0 Å². The van der Waals surface area contributed by atoms with E-state index in [0.717, 1.165) is 39.3 Å². The number of aliphatic hydroxyl groups is 1. The second-order valence-corrected chi connectivity index (χ2v) is 5.43. The van der Waals surface area contributed by atoms with Crippen LogP contribution in [0.25, 0.3) is 0 Å². The third kappa shape index (κ3) is 4.54. The Labute approximate surface area is 105 Å². The number of hydrogen-bond donors (Lipinski definition) is 2. The Morgan fingerprint density at radius 3 is 2.82 bits per heavy atom. The van der Waals surface area contributed by atoms with E-state index in [0.29, 0.717) is 0 Å². The van der Waals surface area contributed by atoms with E-state index in [1.807, 2.05) is 0 Å². The van der Waals surface area contributed by atoms with Gasteiger partial charge in [0.15, 0.2) is 0 Å². The van der Waals surface area contributed by atoms with Crippen molar-refractivity contribution >= 4 is 0 Å². The van der Waals surface area contributed by atoms with E-state index in [-0.39, 0.29) is 18.1 Å². The molecule has 1 heterocycles. The molecule has 1 rings (SSSR count). The van der Waals surface area contributed by atoms with Gasteiger partial charge in [0, 0.05) is 31.2 Å². The lowest BCUT2D eigenvalue weighted by atomic mass is 9.86. The van der Waals surface area contributed by atoms with Crippen LogP contribution >= 0.6 is 0 Å². The van der Waals surface area contributed by atoms with Crippen molar-refractivity contribution in [1.82, 2.24) is 10.2 Å². The summed E-state index contributed by atoms with van der Waals surface area (Å²) in [4.78, 5) is 2.24. The first-order chi connectivity index (χ1) is 8.13. The lowest BCUT2D eigenvalue weighted by Crippen LogP contribution is -2.47. The van der Waals surface area contributed by atoms with Crippen molar-refractivity contribution in [3.63, 3.8) is 0 Å². The first-order valence-electron chi connectivity index (χ1n) is 6.73. The zero-order valence-corrected chi connectivity index (χ0v) is 11.5. The molecule has 0 aromatic heterocycles. The predicted molar refractivity (Wildman–Crippen MR) is 70.2 cm³/mol. The van der Waals surface area contributed by atoms with Gasteiger partial charge in [0.05, 0.1) is 13.2 Å². The van der Waals surface area contributed by atoms with Crippen LogP contribution in [0.3, 0.4) is 0 Å². The van der Waals surface area contributed by atoms with Gasteiger partial charge in [-0.1, -0.05) is 6.92 Å². The number of likely N-dealkylation sites (N-methyl/N-ethyl adjacent to an activating group) is 1. The number of hydrogen-bond acceptors (Lipinski definition) is 4. The maximum Gasteiger partial charge on any atom is 0.0584 e. The maximum absolute atomic E-state index is 9.19. The van der Waals surface area contributed by atoms with Gasteiger partial charge in [-0.25, -0.2) is 0 Å². The van der Waals surface area contributed by atoms with Gasteiger partial charge < -0.3 is 20.1 Å². The van der Waals surface area contributed by atoms with Crippen molar-refractivity contribution in [2.24, 2.45) is 5.41 Å². The van der Waals surface area contributed by atoms with E-state index >= 15 is 0 Å². The third-order valence-corrected chi connectivity index (χ3v) is 3.71. The first kappa shape index (κ1) is 14.9. The Balaban J connectivity index is 2.46. The summed E-state index contributed by atoms with van der Waals surface area (Å²) >= 11 is 0. The Kier molecular flexibility index (Phi) is 6.41. The van der Waals surface area contributed by atoms with Crippen LogP contribution in [-0.2, 0) is 4.74 Å². The second kappa shape index (κ2) is 7.31. The Hall–Kier alpha value is -0.160. The van der Waals surface area contributed by atoms with Crippen LogP contribution in [0.15, 0.2) is 0 Å². The van der Waals surface area contributed by atoms with Crippen LogP contribution in [0.5, 0.6) is 0 Å². The Morgan fingerprint density at radius 2 is 2.29 bits per heavy atom. The SMILES string of the molecule is CCCNCC1(CN(C)C(C)CO)CCOC1. The summed E-state index contributed by atoms with van der Waals surface area (Å²) in [5, 5.41) is 12.7. The standard InChI is InChI=1S/C13H28N2O2/c1-4-6-14-9-13(5-7-17-11-13)10-15(3)12(2)8-16/h12,14,16H,4-11H2,1-3H3. The Bertz CT molecular complexity index is 206. The highest BCUT2D eigenvalue weighted by molar-refractivity contribution is 4.88. The quantitative estimate of drug-likeness (QED) is 0.617. The molecule has 0 amide bonds. The van der Waals surface area contributed by atoms with Gasteiger partial charge in [0.25, 0.3) is 0 Å². The second-order valence-electron chi connectivity index (χ2n) is 5.43. The summed E-state index contributed by atoms with van der Waals surface area (Å²) in [5.41, 5.74) is 0.230. The minimum Gasteiger partial charge on any atom is -0.395 e. The number of nitrogens with zero attached hydrogens (tertiary/aromatic N) is 1. The van der Waals surface area contributed by atoms with E-state index in [9.17, 15) is 5.11 Å². The highest BCUT2D eigenvalue weighted by atomic mass is 16.5. The van der Waals surface area contributed by atoms with Crippen LogP contribution in [0.2, 0.25) is 0 Å². The van der Waals surface area contributed by atoms with Crippen LogP contribution < -0.4 is 5.32 Å². The molecule has 1 saturated heterocycles. The fourth-order valence-electron chi connectivity index (χ4n) is 2.32. The van der Waals surface area contributed by atoms with Crippen molar-refractivity contribution in [3.05, 3.63) is 0 Å². The van der Waals surface area contributed by atoms with E-state index in [1.165, 1.54) is 6.42 Å². The van der Waals surface area contributed by atoms with Crippen LogP contribution in [-0.4, -0.2) is 62.6 Å². The molecule has 2 atom stereocenters. The lowest BCUT2D eigenvalue weighted by molar-refractivity contribution is 0.0843. The number of rotatable bonds is 8. The van der Waals surface area contributed by atoms with Gasteiger partial charge in [-0.15, -0.1) is 0 Å². The molecule has 1 aliphatic heterocycles. The molecule has 1 aliphatic rings. The number of aliphatic hydroxyl groups excluding tert-OH is 1. The van der Waals surface area contributed by atoms with E-state index in [2.05, 4.69) is 31.1 Å². The molecule has 0 aliphatic carbocycles. The predicted octanol–water partition coefficient (Wildman–Crippen LogP) is 0.705. The molecule has 2 unspecified atom stereocenters. The third-order valence-electron chi connectivity index (χ3n) is 3.71. The van der Waals surface area contributed by atoms with Gasteiger partial charge in [0.1, 0.15) is 0 Å². The molecule has 102 valence electrons. The summed E-state index contributed by atoms with van der Waals surface area (Å²) in [7, 11) is 2.08. The molecule has 2 N–H and O–H groups in total. The molecule has 0 spiro atoms. The smallest absolute Gasteiger partial charge is 0.0584 e. The van der Waals surface area contributed by atoms with Crippen LogP contribution in [0.1, 0.15) is 26.7 Å². The van der Waals surface area contributed by atoms with Crippen LogP contribution in [0.4, 0.5) is 0 Å². The highest BCUT2D eigenvalue weighted by Crippen LogP contribution is 2.29. The summed E-state index contributed by atoms with van der Waals surface area (Å²) in [5.74, 6) is 0. The first-order valence-corrected chi connectivity index (χ1v) is 6.73. The maximum atomic E-state index is 9.19. The Morgan fingerprint density at radius 1 is 1.53 bits per heavy atom. The molecular formula is C13H28N2O2. The topological polar surface area (TPSA) is 44.7 Å². The minimum atomic E-state index is 0.218. The zero-order chi connectivity index (χ0) is 12.7. The highest BCUT2D eigenvalue weighted by Gasteiger charge is 2.36. The fraction of sp³-hybridized carbons (Fsp3) is 1.00. The number of nitrogens with one attached hydrogen (secondary N) is 1. The van der Waals surface area contributed by atoms with Gasteiger partial charge in [-0.3, -0.25) is 0 Å². The largest absolute Gasteiger partial charge is 0.395 e. The molecule has 1 fully saturated rings. The van der Waals surface area contributed by atoms with E-state index in [4.69, 9.17) is 4.74 Å². The normalized spacial score (nSPS) is 26.6. The van der Waals surface area contributed by atoms with E-state index < -0.39 is 0 Å². The van der Waals surface area contributed by atoms with Gasteiger partial charge >= 0.3 is 0 Å². The van der Waals surface area contributed by atoms with E-state index in [1.54, 1.807) is 0 Å².